The number of nitrogens with one attached hydrogen (secondary N) is 1. The maximum atomic E-state index is 11.6. The molecule has 2 unspecified atom stereocenters. The molecule has 0 saturated carbocycles. The van der Waals surface area contributed by atoms with Crippen molar-refractivity contribution in [2.24, 2.45) is 11.8 Å². The Bertz CT molecular complexity index is 623. The minimum atomic E-state index is -0.510. The lowest BCUT2D eigenvalue weighted by Gasteiger charge is -2.24. The third kappa shape index (κ3) is 3.06. The van der Waals surface area contributed by atoms with Crippen LogP contribution in [0.4, 0.5) is 0 Å². The Kier molecular flexibility index (Phi) is 5.16. The van der Waals surface area contributed by atoms with Gasteiger partial charge in [0.05, 0.1) is 11.7 Å². The summed E-state index contributed by atoms with van der Waals surface area (Å²) in [4.78, 5) is 14.0. The molecule has 3 aliphatic rings. The number of β-amino-alcohol motifs (C(OH)–C–C–N with tert-alkyl or cyclic N) is 1. The number of esters is 1. The Morgan fingerprint density at radius 1 is 1.38 bits per heavy atom. The van der Waals surface area contributed by atoms with Crippen LogP contribution in [0, 0.1) is 18.8 Å². The van der Waals surface area contributed by atoms with Gasteiger partial charge in [0.25, 0.3) is 0 Å². The zero-order chi connectivity index (χ0) is 16.0. The number of carbonyl (C=O) groups is 1. The lowest BCUT2D eigenvalue weighted by atomic mass is 9.90. The minimum Gasteiger partial charge on any atom is -0.457 e. The average molecular weight is 353 g/mol. The normalized spacial score (nSPS) is 27.2. The van der Waals surface area contributed by atoms with Gasteiger partial charge in [0, 0.05) is 25.2 Å². The standard InChI is InChI=1S/C18H24N2O3.ClH/c1-11-14(2-3-15-16(11)10-23-18(15)22)17(21)9-20-7-12-4-5-19-6-13(12)8-20;/h2-3,12-13,17,19,21H,4-10H2,1H3;1H/t12?,13?,17-;/m0./s1. The summed E-state index contributed by atoms with van der Waals surface area (Å²) in [5.74, 6) is 1.25. The van der Waals surface area contributed by atoms with E-state index >= 15 is 0 Å². The largest absolute Gasteiger partial charge is 0.457 e. The van der Waals surface area contributed by atoms with Crippen molar-refractivity contribution in [3.05, 3.63) is 34.4 Å². The molecule has 24 heavy (non-hydrogen) atoms. The highest BCUT2D eigenvalue weighted by atomic mass is 35.5. The highest BCUT2D eigenvalue weighted by molar-refractivity contribution is 5.93. The number of halogens is 1. The fourth-order valence-electron chi connectivity index (χ4n) is 4.39. The van der Waals surface area contributed by atoms with Gasteiger partial charge in [-0.25, -0.2) is 4.79 Å². The second-order valence-corrected chi connectivity index (χ2v) is 7.13. The van der Waals surface area contributed by atoms with Gasteiger partial charge in [-0.2, -0.15) is 0 Å². The van der Waals surface area contributed by atoms with Gasteiger partial charge in [-0.3, -0.25) is 4.90 Å². The van der Waals surface area contributed by atoms with Crippen LogP contribution < -0.4 is 5.32 Å². The highest BCUT2D eigenvalue weighted by Crippen LogP contribution is 2.32. The van der Waals surface area contributed by atoms with Crippen LogP contribution in [0.5, 0.6) is 0 Å². The van der Waals surface area contributed by atoms with Crippen molar-refractivity contribution in [1.29, 1.82) is 0 Å². The van der Waals surface area contributed by atoms with Gasteiger partial charge < -0.3 is 15.2 Å². The van der Waals surface area contributed by atoms with Gasteiger partial charge in [0.15, 0.2) is 0 Å². The summed E-state index contributed by atoms with van der Waals surface area (Å²) in [6.07, 6.45) is 0.735. The van der Waals surface area contributed by atoms with Gasteiger partial charge in [0.1, 0.15) is 6.61 Å². The number of hydrogen-bond donors (Lipinski definition) is 2. The van der Waals surface area contributed by atoms with Gasteiger partial charge >= 0.3 is 5.97 Å². The van der Waals surface area contributed by atoms with E-state index in [1.807, 2.05) is 13.0 Å². The van der Waals surface area contributed by atoms with E-state index < -0.39 is 6.10 Å². The first-order chi connectivity index (χ1) is 11.1. The third-order valence-electron chi connectivity index (χ3n) is 5.75. The molecule has 0 spiro atoms. The molecule has 132 valence electrons. The summed E-state index contributed by atoms with van der Waals surface area (Å²) >= 11 is 0. The van der Waals surface area contributed by atoms with Crippen LogP contribution in [0.3, 0.4) is 0 Å². The Morgan fingerprint density at radius 2 is 2.17 bits per heavy atom. The molecule has 5 nitrogen and oxygen atoms in total. The molecule has 0 amide bonds. The van der Waals surface area contributed by atoms with E-state index in [0.29, 0.717) is 18.7 Å². The van der Waals surface area contributed by atoms with Gasteiger partial charge in [-0.05, 0) is 55.5 Å². The first-order valence-electron chi connectivity index (χ1n) is 8.54. The molecular formula is C18H25ClN2O3. The van der Waals surface area contributed by atoms with Crippen molar-refractivity contribution >= 4 is 18.4 Å². The van der Waals surface area contributed by atoms with Crippen molar-refractivity contribution in [3.8, 4) is 0 Å². The summed E-state index contributed by atoms with van der Waals surface area (Å²) in [6, 6.07) is 3.68. The van der Waals surface area contributed by atoms with E-state index in [1.54, 1.807) is 6.07 Å². The van der Waals surface area contributed by atoms with E-state index in [4.69, 9.17) is 4.74 Å². The minimum absolute atomic E-state index is 0. The van der Waals surface area contributed by atoms with E-state index in [0.717, 1.165) is 54.7 Å². The average Bonchev–Trinajstić information content (AvgIpc) is 3.11. The van der Waals surface area contributed by atoms with E-state index in [2.05, 4.69) is 10.2 Å². The summed E-state index contributed by atoms with van der Waals surface area (Å²) in [5, 5.41) is 14.2. The molecule has 0 aromatic heterocycles. The number of aliphatic hydroxyl groups excluding tert-OH is 1. The first-order valence-corrected chi connectivity index (χ1v) is 8.54. The molecule has 1 aromatic carbocycles. The Morgan fingerprint density at radius 3 is 2.96 bits per heavy atom. The molecule has 4 rings (SSSR count). The molecule has 3 heterocycles. The Hall–Kier alpha value is -1.14. The number of piperidine rings is 1. The number of likely N-dealkylation sites (tertiary alicyclic amines) is 1. The molecule has 0 radical (unpaired) electrons. The number of benzene rings is 1. The van der Waals surface area contributed by atoms with Crippen LogP contribution in [0.25, 0.3) is 0 Å². The SMILES string of the molecule is Cc1c([C@@H](O)CN2CC3CCNCC3C2)ccc2c1COC2=O.Cl. The highest BCUT2D eigenvalue weighted by Gasteiger charge is 2.35. The van der Waals surface area contributed by atoms with Crippen LogP contribution in [-0.2, 0) is 11.3 Å². The molecule has 6 heteroatoms. The predicted octanol–water partition coefficient (Wildman–Crippen LogP) is 1.66. The molecule has 1 aromatic rings. The lowest BCUT2D eigenvalue weighted by molar-refractivity contribution is 0.0535. The van der Waals surface area contributed by atoms with Gasteiger partial charge in [-0.1, -0.05) is 6.07 Å². The van der Waals surface area contributed by atoms with Crippen molar-refractivity contribution < 1.29 is 14.6 Å². The van der Waals surface area contributed by atoms with Crippen molar-refractivity contribution in [1.82, 2.24) is 10.2 Å². The number of cyclic esters (lactones) is 1. The van der Waals surface area contributed by atoms with Crippen LogP contribution in [-0.4, -0.2) is 48.7 Å². The number of rotatable bonds is 3. The maximum absolute atomic E-state index is 11.6. The van der Waals surface area contributed by atoms with Crippen LogP contribution in [0.2, 0.25) is 0 Å². The number of ether oxygens (including phenoxy) is 1. The monoisotopic (exact) mass is 352 g/mol. The molecular weight excluding hydrogens is 328 g/mol. The fourth-order valence-corrected chi connectivity index (χ4v) is 4.39. The van der Waals surface area contributed by atoms with Crippen LogP contribution >= 0.6 is 12.4 Å². The molecule has 3 atom stereocenters. The Balaban J connectivity index is 0.00000169. The molecule has 0 bridgehead atoms. The second kappa shape index (κ2) is 7.00. The zero-order valence-electron chi connectivity index (χ0n) is 14.0. The lowest BCUT2D eigenvalue weighted by Crippen LogP contribution is -2.35. The third-order valence-corrected chi connectivity index (χ3v) is 5.75. The molecule has 2 N–H and O–H groups in total. The molecule has 0 aliphatic carbocycles. The predicted molar refractivity (Wildman–Crippen MR) is 93.4 cm³/mol. The summed E-state index contributed by atoms with van der Waals surface area (Å²) in [7, 11) is 0. The number of nitrogens with zero attached hydrogens (tertiary/aromatic N) is 1. The molecule has 2 saturated heterocycles. The number of hydrogen-bond acceptors (Lipinski definition) is 5. The quantitative estimate of drug-likeness (QED) is 0.810. The fraction of sp³-hybridized carbons (Fsp3) is 0.611. The van der Waals surface area contributed by atoms with E-state index in [-0.39, 0.29) is 18.4 Å². The maximum Gasteiger partial charge on any atom is 0.338 e. The summed E-state index contributed by atoms with van der Waals surface area (Å²) < 4.78 is 5.10. The number of carbonyl (C=O) groups excluding carboxylic acids is 1. The van der Waals surface area contributed by atoms with Gasteiger partial charge in [-0.15, -0.1) is 12.4 Å². The molecule has 2 fully saturated rings. The summed E-state index contributed by atoms with van der Waals surface area (Å²) in [6.45, 7) is 7.37. The topological polar surface area (TPSA) is 61.8 Å². The number of aliphatic hydroxyl groups is 1. The van der Waals surface area contributed by atoms with Crippen LogP contribution in [0.1, 0.15) is 39.6 Å². The van der Waals surface area contributed by atoms with E-state index in [9.17, 15) is 9.90 Å². The second-order valence-electron chi connectivity index (χ2n) is 7.13. The smallest absolute Gasteiger partial charge is 0.338 e. The molecule has 3 aliphatic heterocycles. The van der Waals surface area contributed by atoms with Crippen LogP contribution in [0.15, 0.2) is 12.1 Å². The van der Waals surface area contributed by atoms with Crippen molar-refractivity contribution in [2.75, 3.05) is 32.7 Å². The van der Waals surface area contributed by atoms with Crippen molar-refractivity contribution in [2.45, 2.75) is 26.1 Å². The Labute approximate surface area is 148 Å². The van der Waals surface area contributed by atoms with Gasteiger partial charge in [0.2, 0.25) is 0 Å². The van der Waals surface area contributed by atoms with Crippen molar-refractivity contribution in [3.63, 3.8) is 0 Å². The van der Waals surface area contributed by atoms with E-state index in [1.165, 1.54) is 6.42 Å². The summed E-state index contributed by atoms with van der Waals surface area (Å²) in [5.41, 5.74) is 3.51. The number of fused-ring (bicyclic) bond motifs is 2. The zero-order valence-corrected chi connectivity index (χ0v) is 14.8. The first kappa shape index (κ1) is 17.7.